The summed E-state index contributed by atoms with van der Waals surface area (Å²) in [5.41, 5.74) is 0. The minimum absolute atomic E-state index is 0.322. The summed E-state index contributed by atoms with van der Waals surface area (Å²) in [6.07, 6.45) is 11.9. The van der Waals surface area contributed by atoms with Gasteiger partial charge in [-0.05, 0) is 0 Å². The van der Waals surface area contributed by atoms with Crippen molar-refractivity contribution in [3.05, 3.63) is 0 Å². The van der Waals surface area contributed by atoms with Crippen LogP contribution in [0.3, 0.4) is 0 Å². The van der Waals surface area contributed by atoms with E-state index in [0.717, 1.165) is 0 Å². The maximum atomic E-state index is 6.34. The van der Waals surface area contributed by atoms with Gasteiger partial charge in [0.15, 0.2) is 0 Å². The van der Waals surface area contributed by atoms with Crippen molar-refractivity contribution in [2.75, 3.05) is 0 Å². The molecule has 0 bridgehead atoms. The maximum absolute atomic E-state index is 6.34. The number of ether oxygens (including phenoxy) is 2. The molecule has 2 aliphatic carbocycles. The van der Waals surface area contributed by atoms with E-state index in [4.69, 9.17) is 9.47 Å². The molecule has 2 aliphatic rings. The second kappa shape index (κ2) is 9.37. The van der Waals surface area contributed by atoms with Gasteiger partial charge in [-0.15, -0.1) is 0 Å². The molecule has 138 valence electrons. The molecule has 2 fully saturated rings. The summed E-state index contributed by atoms with van der Waals surface area (Å²) in [6, 6.07) is 0. The van der Waals surface area contributed by atoms with Crippen LogP contribution in [0.2, 0.25) is 9.63 Å². The Kier molecular flexibility index (Phi) is 8.44. The van der Waals surface area contributed by atoms with Gasteiger partial charge in [-0.1, -0.05) is 0 Å². The van der Waals surface area contributed by atoms with Gasteiger partial charge >= 0.3 is 160 Å². The van der Waals surface area contributed by atoms with Crippen molar-refractivity contribution in [3.8, 4) is 0 Å². The molecule has 0 aliphatic heterocycles. The molecule has 2 saturated carbocycles. The molecule has 23 heavy (non-hydrogen) atoms. The fourth-order valence-electron chi connectivity index (χ4n) is 4.08. The predicted octanol–water partition coefficient (Wildman–Crippen LogP) is 6.69. The number of hydrogen-bond acceptors (Lipinski definition) is 2. The summed E-state index contributed by atoms with van der Waals surface area (Å²) in [4.78, 5) is 1.34. The summed E-state index contributed by atoms with van der Waals surface area (Å²) >= 11 is 8.56. The molecule has 4 atom stereocenters. The Morgan fingerprint density at radius 1 is 0.696 bits per heavy atom. The van der Waals surface area contributed by atoms with Crippen molar-refractivity contribution in [3.63, 3.8) is 0 Å². The van der Waals surface area contributed by atoms with Crippen molar-refractivity contribution >= 4 is 37.4 Å². The molecular formula is C18H34Br2O2Se. The average molecular weight is 521 g/mol. The summed E-state index contributed by atoms with van der Waals surface area (Å²) in [6.45, 7) is 8.68. The SMILES string of the molecule is CC(C)O[C@H]1CCCC[C@@H]1[Se](Br)(Br)[C@H]1CCCC[C@@H]1OC(C)C. The second-order valence-electron chi connectivity index (χ2n) is 7.64. The number of rotatable bonds is 6. The van der Waals surface area contributed by atoms with E-state index in [0.29, 0.717) is 34.0 Å². The van der Waals surface area contributed by atoms with Crippen LogP contribution in [0.15, 0.2) is 0 Å². The monoisotopic (exact) mass is 520 g/mol. The van der Waals surface area contributed by atoms with E-state index in [-0.39, 0.29) is 0 Å². The van der Waals surface area contributed by atoms with Crippen LogP contribution in [0.5, 0.6) is 0 Å². The van der Waals surface area contributed by atoms with E-state index in [9.17, 15) is 0 Å². The summed E-state index contributed by atoms with van der Waals surface area (Å²) in [5, 5.41) is 0. The zero-order valence-corrected chi connectivity index (χ0v) is 20.0. The standard InChI is InChI=1S/C18H34Br2O2Se/c1-13(2)21-15-9-5-7-11-17(15)23(19,20)18-12-8-6-10-16(18)22-14(3)4/h13-18H,5-12H2,1-4H3/t15-,16-,17-,18-/m0/s1. The first-order valence-electron chi connectivity index (χ1n) is 9.33. The summed E-state index contributed by atoms with van der Waals surface area (Å²) in [5.74, 6) is 0. The molecule has 0 spiro atoms. The molecule has 0 saturated heterocycles. The molecule has 2 nitrogen and oxygen atoms in total. The van der Waals surface area contributed by atoms with E-state index < -0.39 is 9.23 Å². The minimum atomic E-state index is -2.00. The second-order valence-corrected chi connectivity index (χ2v) is 28.1. The van der Waals surface area contributed by atoms with E-state index in [2.05, 4.69) is 55.9 Å². The van der Waals surface area contributed by atoms with Gasteiger partial charge < -0.3 is 0 Å². The molecule has 2 rings (SSSR count). The number of halogens is 2. The molecule has 0 radical (unpaired) electrons. The Bertz CT molecular complexity index is 331. The van der Waals surface area contributed by atoms with E-state index in [1.165, 1.54) is 51.4 Å². The van der Waals surface area contributed by atoms with Gasteiger partial charge in [-0.2, -0.15) is 0 Å². The van der Waals surface area contributed by atoms with Gasteiger partial charge in [0, 0.05) is 0 Å². The zero-order valence-electron chi connectivity index (χ0n) is 15.1. The van der Waals surface area contributed by atoms with Crippen LogP contribution in [0, 0.1) is 0 Å². The summed E-state index contributed by atoms with van der Waals surface area (Å²) < 4.78 is 12.7. The molecular weight excluding hydrogens is 487 g/mol. The Hall–Kier alpha value is 1.40. The van der Waals surface area contributed by atoms with Crippen LogP contribution < -0.4 is 0 Å². The number of hydrogen-bond donors (Lipinski definition) is 0. The van der Waals surface area contributed by atoms with Gasteiger partial charge in [-0.3, -0.25) is 0 Å². The van der Waals surface area contributed by atoms with Gasteiger partial charge in [0.05, 0.1) is 0 Å². The Balaban J connectivity index is 2.15. The van der Waals surface area contributed by atoms with Gasteiger partial charge in [-0.25, -0.2) is 0 Å². The van der Waals surface area contributed by atoms with Crippen molar-refractivity contribution < 1.29 is 9.47 Å². The molecule has 0 aromatic heterocycles. The third-order valence-corrected chi connectivity index (χ3v) is 20.6. The first-order chi connectivity index (χ1) is 10.8. The Morgan fingerprint density at radius 2 is 1.04 bits per heavy atom. The van der Waals surface area contributed by atoms with Crippen molar-refractivity contribution in [2.24, 2.45) is 0 Å². The zero-order chi connectivity index (χ0) is 17.0. The van der Waals surface area contributed by atoms with Crippen LogP contribution in [0.4, 0.5) is 0 Å². The molecule has 0 amide bonds. The molecule has 0 aromatic rings. The van der Waals surface area contributed by atoms with E-state index in [1.54, 1.807) is 0 Å². The van der Waals surface area contributed by atoms with E-state index in [1.807, 2.05) is 0 Å². The summed E-state index contributed by atoms with van der Waals surface area (Å²) in [7, 11) is -2.00. The normalized spacial score (nSPS) is 34.1. The van der Waals surface area contributed by atoms with Crippen LogP contribution >= 0.6 is 28.2 Å². The van der Waals surface area contributed by atoms with E-state index >= 15 is 0 Å². The Morgan fingerprint density at radius 3 is 1.39 bits per heavy atom. The third kappa shape index (κ3) is 5.69. The van der Waals surface area contributed by atoms with Crippen LogP contribution in [-0.4, -0.2) is 33.6 Å². The van der Waals surface area contributed by atoms with Crippen molar-refractivity contribution in [2.45, 2.75) is 113 Å². The first-order valence-corrected chi connectivity index (χ1v) is 19.3. The van der Waals surface area contributed by atoms with Gasteiger partial charge in [0.1, 0.15) is 0 Å². The van der Waals surface area contributed by atoms with Crippen LogP contribution in [-0.2, 0) is 9.47 Å². The molecule has 0 heterocycles. The molecule has 0 aromatic carbocycles. The van der Waals surface area contributed by atoms with Crippen molar-refractivity contribution in [1.29, 1.82) is 0 Å². The van der Waals surface area contributed by atoms with Crippen LogP contribution in [0.1, 0.15) is 79.1 Å². The Labute approximate surface area is 159 Å². The van der Waals surface area contributed by atoms with Gasteiger partial charge in [0.25, 0.3) is 0 Å². The molecule has 5 heteroatoms. The third-order valence-electron chi connectivity index (χ3n) is 4.99. The predicted molar refractivity (Wildman–Crippen MR) is 108 cm³/mol. The van der Waals surface area contributed by atoms with Crippen LogP contribution in [0.25, 0.3) is 0 Å². The average Bonchev–Trinajstić information content (AvgIpc) is 2.46. The topological polar surface area (TPSA) is 18.5 Å². The first kappa shape index (κ1) is 20.7. The fraction of sp³-hybridized carbons (Fsp3) is 1.00. The quantitative estimate of drug-likeness (QED) is 0.363. The molecule has 0 unspecified atom stereocenters. The van der Waals surface area contributed by atoms with Crippen molar-refractivity contribution in [1.82, 2.24) is 0 Å². The fourth-order valence-corrected chi connectivity index (χ4v) is 18.5. The van der Waals surface area contributed by atoms with Gasteiger partial charge in [0.2, 0.25) is 0 Å². The molecule has 0 N–H and O–H groups in total.